The molecule has 0 nitrogen and oxygen atoms in total. The molecule has 0 bridgehead atoms. The monoisotopic (exact) mass is 151 g/mol. The van der Waals surface area contributed by atoms with Crippen molar-refractivity contribution in [3.8, 4) is 0 Å². The first-order valence-corrected chi connectivity index (χ1v) is 5.21. The Labute approximate surface area is 70.4 Å². The van der Waals surface area contributed by atoms with Gasteiger partial charge in [0, 0.05) is 0 Å². The van der Waals surface area contributed by atoms with E-state index in [1.807, 2.05) is 0 Å². The minimum atomic E-state index is 1.12. The van der Waals surface area contributed by atoms with Crippen LogP contribution in [0.2, 0.25) is 0 Å². The predicted molar refractivity (Wildman–Crippen MR) is 48.1 cm³/mol. The zero-order valence-electron chi connectivity index (χ0n) is 7.39. The molecule has 0 heteroatoms. The molecule has 0 N–H and O–H groups in total. The van der Waals surface area contributed by atoms with Crippen molar-refractivity contribution < 1.29 is 0 Å². The van der Waals surface area contributed by atoms with E-state index in [0.29, 0.717) is 0 Å². The van der Waals surface area contributed by atoms with Crippen LogP contribution in [0, 0.1) is 24.7 Å². The Balaban J connectivity index is 1.73. The van der Waals surface area contributed by atoms with Gasteiger partial charge in [-0.25, -0.2) is 0 Å². The smallest absolute Gasteiger partial charge is 0.0357 e. The summed E-state index contributed by atoms with van der Waals surface area (Å²) in [6.07, 6.45) is 10.2. The molecule has 2 saturated carbocycles. The lowest BCUT2D eigenvalue weighted by Gasteiger charge is -2.13. The second kappa shape index (κ2) is 3.16. The highest BCUT2D eigenvalue weighted by molar-refractivity contribution is 4.91. The summed E-state index contributed by atoms with van der Waals surface area (Å²) in [5.74, 6) is 3.42. The SMILES string of the molecule is [CH2]CCCC(C1CC1)C1CC1. The van der Waals surface area contributed by atoms with E-state index in [-0.39, 0.29) is 0 Å². The summed E-state index contributed by atoms with van der Waals surface area (Å²) >= 11 is 0. The number of hydrogen-bond donors (Lipinski definition) is 0. The first kappa shape index (κ1) is 7.64. The molecule has 2 fully saturated rings. The van der Waals surface area contributed by atoms with E-state index in [0.717, 1.165) is 24.2 Å². The first-order valence-electron chi connectivity index (χ1n) is 5.21. The third kappa shape index (κ3) is 1.98. The van der Waals surface area contributed by atoms with E-state index in [9.17, 15) is 0 Å². The average Bonchev–Trinajstić information content (AvgIpc) is 2.85. The quantitative estimate of drug-likeness (QED) is 0.564. The van der Waals surface area contributed by atoms with Gasteiger partial charge < -0.3 is 0 Å². The van der Waals surface area contributed by atoms with Crippen molar-refractivity contribution in [1.82, 2.24) is 0 Å². The van der Waals surface area contributed by atoms with Crippen LogP contribution in [-0.4, -0.2) is 0 Å². The van der Waals surface area contributed by atoms with Crippen LogP contribution in [0.5, 0.6) is 0 Å². The van der Waals surface area contributed by atoms with Gasteiger partial charge in [0.15, 0.2) is 0 Å². The summed E-state index contributed by atoms with van der Waals surface area (Å²) in [5.41, 5.74) is 0. The van der Waals surface area contributed by atoms with Crippen LogP contribution in [0.15, 0.2) is 0 Å². The number of rotatable bonds is 5. The molecule has 0 heterocycles. The van der Waals surface area contributed by atoms with Crippen LogP contribution in [0.4, 0.5) is 0 Å². The number of unbranched alkanes of at least 4 members (excludes halogenated alkanes) is 1. The molecule has 0 spiro atoms. The van der Waals surface area contributed by atoms with Gasteiger partial charge in [0.25, 0.3) is 0 Å². The van der Waals surface area contributed by atoms with Gasteiger partial charge in [-0.1, -0.05) is 19.8 Å². The first-order chi connectivity index (χ1) is 5.42. The highest BCUT2D eigenvalue weighted by atomic mass is 14.5. The highest BCUT2D eigenvalue weighted by Gasteiger charge is 2.40. The average molecular weight is 151 g/mol. The zero-order valence-corrected chi connectivity index (χ0v) is 7.39. The summed E-state index contributed by atoms with van der Waals surface area (Å²) in [6.45, 7) is 3.92. The largest absolute Gasteiger partial charge is 0.0533 e. The summed E-state index contributed by atoms with van der Waals surface area (Å²) in [5, 5.41) is 0. The van der Waals surface area contributed by atoms with Crippen LogP contribution >= 0.6 is 0 Å². The molecule has 2 aliphatic carbocycles. The molecule has 1 radical (unpaired) electrons. The molecule has 0 amide bonds. The molecule has 0 aromatic rings. The second-order valence-corrected chi connectivity index (χ2v) is 4.33. The van der Waals surface area contributed by atoms with Gasteiger partial charge in [0.05, 0.1) is 0 Å². The summed E-state index contributed by atoms with van der Waals surface area (Å²) in [7, 11) is 0. The summed E-state index contributed by atoms with van der Waals surface area (Å²) < 4.78 is 0. The molecule has 0 aromatic carbocycles. The lowest BCUT2D eigenvalue weighted by Crippen LogP contribution is -2.05. The molecular formula is C11H19. The van der Waals surface area contributed by atoms with Crippen molar-refractivity contribution in [1.29, 1.82) is 0 Å². The van der Waals surface area contributed by atoms with Gasteiger partial charge >= 0.3 is 0 Å². The van der Waals surface area contributed by atoms with Crippen molar-refractivity contribution in [2.45, 2.75) is 44.9 Å². The maximum absolute atomic E-state index is 3.92. The third-order valence-corrected chi connectivity index (χ3v) is 3.24. The van der Waals surface area contributed by atoms with Crippen molar-refractivity contribution in [2.24, 2.45) is 17.8 Å². The van der Waals surface area contributed by atoms with Crippen molar-refractivity contribution >= 4 is 0 Å². The summed E-state index contributed by atoms with van der Waals surface area (Å²) in [4.78, 5) is 0. The van der Waals surface area contributed by atoms with Gasteiger partial charge in [0.1, 0.15) is 0 Å². The van der Waals surface area contributed by atoms with Gasteiger partial charge in [-0.15, -0.1) is 0 Å². The Morgan fingerprint density at radius 1 is 1.09 bits per heavy atom. The van der Waals surface area contributed by atoms with Gasteiger partial charge in [0.2, 0.25) is 0 Å². The van der Waals surface area contributed by atoms with Crippen LogP contribution in [0.3, 0.4) is 0 Å². The molecule has 0 unspecified atom stereocenters. The molecule has 11 heavy (non-hydrogen) atoms. The van der Waals surface area contributed by atoms with Gasteiger partial charge in [-0.2, -0.15) is 0 Å². The standard InChI is InChI=1S/C11H19/c1-2-3-4-11(9-5-6-9)10-7-8-10/h9-11H,1-8H2. The normalized spacial score (nSPS) is 24.5. The topological polar surface area (TPSA) is 0 Å². The molecule has 63 valence electrons. The third-order valence-electron chi connectivity index (χ3n) is 3.24. The summed E-state index contributed by atoms with van der Waals surface area (Å²) in [6, 6.07) is 0. The van der Waals surface area contributed by atoms with Crippen LogP contribution in [0.1, 0.15) is 44.9 Å². The van der Waals surface area contributed by atoms with Crippen LogP contribution in [0.25, 0.3) is 0 Å². The van der Waals surface area contributed by atoms with E-state index in [2.05, 4.69) is 6.92 Å². The lowest BCUT2D eigenvalue weighted by atomic mass is 9.92. The Morgan fingerprint density at radius 2 is 1.64 bits per heavy atom. The van der Waals surface area contributed by atoms with E-state index in [1.165, 1.54) is 38.5 Å². The van der Waals surface area contributed by atoms with Gasteiger partial charge in [-0.3, -0.25) is 0 Å². The Bertz CT molecular complexity index is 108. The maximum Gasteiger partial charge on any atom is -0.0357 e. The molecule has 0 aromatic heterocycles. The fraction of sp³-hybridized carbons (Fsp3) is 0.909. The fourth-order valence-corrected chi connectivity index (χ4v) is 2.29. The van der Waals surface area contributed by atoms with E-state index in [1.54, 1.807) is 0 Å². The molecule has 0 aliphatic heterocycles. The zero-order chi connectivity index (χ0) is 7.68. The number of hydrogen-bond acceptors (Lipinski definition) is 0. The minimum Gasteiger partial charge on any atom is -0.0533 e. The fourth-order valence-electron chi connectivity index (χ4n) is 2.29. The van der Waals surface area contributed by atoms with Crippen LogP contribution in [-0.2, 0) is 0 Å². The Kier molecular flexibility index (Phi) is 2.20. The second-order valence-electron chi connectivity index (χ2n) is 4.33. The Morgan fingerprint density at radius 3 is 2.00 bits per heavy atom. The lowest BCUT2D eigenvalue weighted by molar-refractivity contribution is 0.368. The van der Waals surface area contributed by atoms with Crippen molar-refractivity contribution in [3.05, 3.63) is 6.92 Å². The van der Waals surface area contributed by atoms with Crippen molar-refractivity contribution in [3.63, 3.8) is 0 Å². The van der Waals surface area contributed by atoms with Gasteiger partial charge in [-0.05, 0) is 49.9 Å². The van der Waals surface area contributed by atoms with E-state index < -0.39 is 0 Å². The molecule has 2 aliphatic rings. The molecule has 0 saturated heterocycles. The molecule has 0 atom stereocenters. The molecular weight excluding hydrogens is 132 g/mol. The Hall–Kier alpha value is 0. The molecule has 2 rings (SSSR count). The van der Waals surface area contributed by atoms with E-state index >= 15 is 0 Å². The minimum absolute atomic E-state index is 1.12. The highest BCUT2D eigenvalue weighted by Crippen LogP contribution is 2.51. The van der Waals surface area contributed by atoms with Crippen LogP contribution < -0.4 is 0 Å². The maximum atomic E-state index is 3.92. The van der Waals surface area contributed by atoms with Crippen molar-refractivity contribution in [2.75, 3.05) is 0 Å². The predicted octanol–water partition coefficient (Wildman–Crippen LogP) is 3.43. The van der Waals surface area contributed by atoms with E-state index in [4.69, 9.17) is 0 Å².